The number of halogens is 2. The number of H-pyrrole nitrogens is 1. The number of rotatable bonds is 5. The first kappa shape index (κ1) is 20.3. The van der Waals surface area contributed by atoms with Gasteiger partial charge in [-0.3, -0.25) is 4.90 Å². The van der Waals surface area contributed by atoms with E-state index in [0.29, 0.717) is 25.9 Å². The summed E-state index contributed by atoms with van der Waals surface area (Å²) in [6.45, 7) is 2.83. The molecule has 0 bridgehead atoms. The Morgan fingerprint density at radius 3 is 2.63 bits per heavy atom. The van der Waals surface area contributed by atoms with Gasteiger partial charge < -0.3 is 10.3 Å². The number of alkyl halides is 2. The van der Waals surface area contributed by atoms with Gasteiger partial charge >= 0.3 is 6.03 Å². The van der Waals surface area contributed by atoms with Crippen LogP contribution in [-0.2, 0) is 6.54 Å². The SMILES string of the molecule is CCNC(=O)N(Cc1ccc(C2CCC(F)(F)CC2)cc1)c1ccc2nc[nH]c2c1. The summed E-state index contributed by atoms with van der Waals surface area (Å²) in [5.41, 5.74) is 4.56. The lowest BCUT2D eigenvalue weighted by Crippen LogP contribution is -2.39. The summed E-state index contributed by atoms with van der Waals surface area (Å²) in [6, 6.07) is 13.5. The molecule has 158 valence electrons. The average molecular weight is 412 g/mol. The van der Waals surface area contributed by atoms with Crippen LogP contribution in [0.1, 0.15) is 49.7 Å². The number of carbonyl (C=O) groups is 1. The van der Waals surface area contributed by atoms with Crippen molar-refractivity contribution in [2.75, 3.05) is 11.4 Å². The number of carbonyl (C=O) groups excluding carboxylic acids is 1. The summed E-state index contributed by atoms with van der Waals surface area (Å²) in [5, 5.41) is 2.87. The van der Waals surface area contributed by atoms with Crippen LogP contribution in [0.4, 0.5) is 19.3 Å². The number of anilines is 1. The highest BCUT2D eigenvalue weighted by atomic mass is 19.3. The Labute approximate surface area is 174 Å². The molecule has 1 fully saturated rings. The van der Waals surface area contributed by atoms with E-state index in [1.54, 1.807) is 11.2 Å². The predicted molar refractivity (Wildman–Crippen MR) is 114 cm³/mol. The van der Waals surface area contributed by atoms with E-state index < -0.39 is 5.92 Å². The number of fused-ring (bicyclic) bond motifs is 1. The number of nitrogens with zero attached hydrogens (tertiary/aromatic N) is 2. The predicted octanol–water partition coefficient (Wildman–Crippen LogP) is 5.59. The molecule has 1 heterocycles. The van der Waals surface area contributed by atoms with Gasteiger partial charge in [0.05, 0.1) is 23.9 Å². The second kappa shape index (κ2) is 8.42. The second-order valence-electron chi connectivity index (χ2n) is 7.90. The summed E-state index contributed by atoms with van der Waals surface area (Å²) in [6.07, 6.45) is 2.58. The van der Waals surface area contributed by atoms with Crippen LogP contribution < -0.4 is 10.2 Å². The Kier molecular flexibility index (Phi) is 5.70. The molecule has 0 aliphatic heterocycles. The molecule has 5 nitrogen and oxygen atoms in total. The van der Waals surface area contributed by atoms with Crippen molar-refractivity contribution in [1.82, 2.24) is 15.3 Å². The molecule has 0 saturated heterocycles. The molecule has 7 heteroatoms. The van der Waals surface area contributed by atoms with Gasteiger partial charge in [-0.15, -0.1) is 0 Å². The van der Waals surface area contributed by atoms with Gasteiger partial charge in [0.15, 0.2) is 0 Å². The van der Waals surface area contributed by atoms with Crippen molar-refractivity contribution in [1.29, 1.82) is 0 Å². The summed E-state index contributed by atoms with van der Waals surface area (Å²) in [7, 11) is 0. The van der Waals surface area contributed by atoms with Crippen LogP contribution in [0.25, 0.3) is 11.0 Å². The van der Waals surface area contributed by atoms with Crippen LogP contribution in [0, 0.1) is 0 Å². The lowest BCUT2D eigenvalue weighted by molar-refractivity contribution is -0.0382. The van der Waals surface area contributed by atoms with Crippen LogP contribution in [0.15, 0.2) is 48.8 Å². The molecule has 0 spiro atoms. The van der Waals surface area contributed by atoms with E-state index in [-0.39, 0.29) is 24.8 Å². The molecular formula is C23H26F2N4O. The molecule has 30 heavy (non-hydrogen) atoms. The maximum absolute atomic E-state index is 13.4. The normalized spacial score (nSPS) is 16.5. The van der Waals surface area contributed by atoms with Gasteiger partial charge in [0, 0.05) is 25.1 Å². The second-order valence-corrected chi connectivity index (χ2v) is 7.90. The fourth-order valence-electron chi connectivity index (χ4n) is 4.07. The van der Waals surface area contributed by atoms with Crippen molar-refractivity contribution in [2.24, 2.45) is 0 Å². The van der Waals surface area contributed by atoms with E-state index in [4.69, 9.17) is 0 Å². The number of aromatic amines is 1. The van der Waals surface area contributed by atoms with Gasteiger partial charge in [-0.05, 0) is 55.0 Å². The zero-order valence-corrected chi connectivity index (χ0v) is 17.0. The monoisotopic (exact) mass is 412 g/mol. The molecule has 1 aliphatic rings. The van der Waals surface area contributed by atoms with E-state index >= 15 is 0 Å². The van der Waals surface area contributed by atoms with Gasteiger partial charge in [-0.1, -0.05) is 24.3 Å². The van der Waals surface area contributed by atoms with Crippen molar-refractivity contribution >= 4 is 22.8 Å². The molecule has 2 amide bonds. The number of benzene rings is 2. The lowest BCUT2D eigenvalue weighted by Gasteiger charge is -2.28. The van der Waals surface area contributed by atoms with Gasteiger partial charge in [0.1, 0.15) is 0 Å². The smallest absolute Gasteiger partial charge is 0.322 e. The average Bonchev–Trinajstić information content (AvgIpc) is 3.20. The third kappa shape index (κ3) is 4.45. The Morgan fingerprint density at radius 1 is 1.20 bits per heavy atom. The highest BCUT2D eigenvalue weighted by Gasteiger charge is 2.35. The van der Waals surface area contributed by atoms with Crippen LogP contribution in [-0.4, -0.2) is 28.5 Å². The molecule has 1 saturated carbocycles. The van der Waals surface area contributed by atoms with E-state index in [2.05, 4.69) is 15.3 Å². The number of nitrogens with one attached hydrogen (secondary N) is 2. The van der Waals surface area contributed by atoms with E-state index in [1.165, 1.54) is 0 Å². The first-order valence-electron chi connectivity index (χ1n) is 10.4. The van der Waals surface area contributed by atoms with Gasteiger partial charge in [0.2, 0.25) is 5.92 Å². The molecule has 0 radical (unpaired) electrons. The lowest BCUT2D eigenvalue weighted by atomic mass is 9.82. The third-order valence-electron chi connectivity index (χ3n) is 5.80. The molecular weight excluding hydrogens is 386 g/mol. The van der Waals surface area contributed by atoms with Crippen LogP contribution >= 0.6 is 0 Å². The number of hydrogen-bond donors (Lipinski definition) is 2. The summed E-state index contributed by atoms with van der Waals surface area (Å²) < 4.78 is 26.9. The Hall–Kier alpha value is -2.96. The first-order chi connectivity index (χ1) is 14.4. The van der Waals surface area contributed by atoms with Crippen LogP contribution in [0.5, 0.6) is 0 Å². The fourth-order valence-corrected chi connectivity index (χ4v) is 4.07. The summed E-state index contributed by atoms with van der Waals surface area (Å²) in [5.74, 6) is -2.33. The quantitative estimate of drug-likeness (QED) is 0.574. The van der Waals surface area contributed by atoms with Crippen molar-refractivity contribution in [2.45, 2.75) is 51.0 Å². The van der Waals surface area contributed by atoms with Crippen LogP contribution in [0.2, 0.25) is 0 Å². The van der Waals surface area contributed by atoms with Gasteiger partial charge in [-0.25, -0.2) is 18.6 Å². The Morgan fingerprint density at radius 2 is 1.93 bits per heavy atom. The first-order valence-corrected chi connectivity index (χ1v) is 10.4. The standard InChI is InChI=1S/C23H26F2N4O/c1-2-26-22(30)29(19-7-8-20-21(13-19)28-15-27-20)14-16-3-5-17(6-4-16)18-9-11-23(24,25)12-10-18/h3-8,13,15,18H,2,9-12,14H2,1H3,(H,26,30)(H,27,28). The van der Waals surface area contributed by atoms with Crippen molar-refractivity contribution in [3.63, 3.8) is 0 Å². The Balaban J connectivity index is 1.52. The highest BCUT2D eigenvalue weighted by Crippen LogP contribution is 2.40. The van der Waals surface area contributed by atoms with Crippen LogP contribution in [0.3, 0.4) is 0 Å². The molecule has 2 aromatic carbocycles. The minimum absolute atomic E-state index is 0.0412. The van der Waals surface area contributed by atoms with Gasteiger partial charge in [-0.2, -0.15) is 0 Å². The maximum Gasteiger partial charge on any atom is 0.322 e. The highest BCUT2D eigenvalue weighted by molar-refractivity contribution is 5.94. The molecule has 0 atom stereocenters. The molecule has 1 aromatic heterocycles. The fraction of sp³-hybridized carbons (Fsp3) is 0.391. The molecule has 4 rings (SSSR count). The molecule has 2 N–H and O–H groups in total. The number of amides is 2. The Bertz CT molecular complexity index is 1010. The largest absolute Gasteiger partial charge is 0.345 e. The summed E-state index contributed by atoms with van der Waals surface area (Å²) in [4.78, 5) is 21.7. The van der Waals surface area contributed by atoms with Crippen molar-refractivity contribution in [3.05, 3.63) is 59.9 Å². The van der Waals surface area contributed by atoms with Crippen molar-refractivity contribution < 1.29 is 13.6 Å². The van der Waals surface area contributed by atoms with Gasteiger partial charge in [0.25, 0.3) is 0 Å². The minimum atomic E-state index is -2.51. The number of urea groups is 1. The molecule has 1 aliphatic carbocycles. The van der Waals surface area contributed by atoms with E-state index in [9.17, 15) is 13.6 Å². The zero-order valence-electron chi connectivity index (χ0n) is 17.0. The number of hydrogen-bond acceptors (Lipinski definition) is 2. The van der Waals surface area contributed by atoms with E-state index in [1.807, 2.05) is 49.4 Å². The van der Waals surface area contributed by atoms with Crippen molar-refractivity contribution in [3.8, 4) is 0 Å². The summed E-state index contributed by atoms with van der Waals surface area (Å²) >= 11 is 0. The number of imidazole rings is 1. The molecule has 0 unspecified atom stereocenters. The zero-order chi connectivity index (χ0) is 21.1. The number of aromatic nitrogens is 2. The van der Waals surface area contributed by atoms with E-state index in [0.717, 1.165) is 27.8 Å². The third-order valence-corrected chi connectivity index (χ3v) is 5.80. The molecule has 3 aromatic rings. The topological polar surface area (TPSA) is 61.0 Å². The minimum Gasteiger partial charge on any atom is -0.345 e. The maximum atomic E-state index is 13.4.